The van der Waals surface area contributed by atoms with E-state index in [4.69, 9.17) is 5.73 Å². The van der Waals surface area contributed by atoms with E-state index < -0.39 is 29.6 Å². The highest BCUT2D eigenvalue weighted by atomic mass is 19.4. The van der Waals surface area contributed by atoms with Crippen LogP contribution in [-0.2, 0) is 11.0 Å². The first-order valence-corrected chi connectivity index (χ1v) is 6.93. The van der Waals surface area contributed by atoms with Gasteiger partial charge < -0.3 is 11.1 Å². The summed E-state index contributed by atoms with van der Waals surface area (Å²) in [5, 5.41) is 3.11. The number of halogens is 3. The topological polar surface area (TPSA) is 55.1 Å². The first-order valence-electron chi connectivity index (χ1n) is 6.93. The van der Waals surface area contributed by atoms with Crippen LogP contribution in [0.4, 0.5) is 13.2 Å². The lowest BCUT2D eigenvalue weighted by molar-refractivity contribution is -0.139. The summed E-state index contributed by atoms with van der Waals surface area (Å²) in [4.78, 5) is 11.7. The van der Waals surface area contributed by atoms with Gasteiger partial charge in [-0.25, -0.2) is 0 Å². The zero-order valence-electron chi connectivity index (χ0n) is 11.9. The molecule has 4 unspecified atom stereocenters. The number of nitrogens with one attached hydrogen (secondary N) is 1. The van der Waals surface area contributed by atoms with Gasteiger partial charge in [0.15, 0.2) is 0 Å². The third kappa shape index (κ3) is 3.20. The Kier molecular flexibility index (Phi) is 4.27. The van der Waals surface area contributed by atoms with Crippen molar-refractivity contribution in [2.24, 2.45) is 17.6 Å². The van der Waals surface area contributed by atoms with Crippen molar-refractivity contribution in [3.63, 3.8) is 0 Å². The van der Waals surface area contributed by atoms with Crippen molar-refractivity contribution in [3.05, 3.63) is 35.4 Å². The van der Waals surface area contributed by atoms with Gasteiger partial charge in [0, 0.05) is 12.1 Å². The molecule has 1 amide bonds. The van der Waals surface area contributed by atoms with Gasteiger partial charge in [-0.2, -0.15) is 13.2 Å². The third-order valence-electron chi connectivity index (χ3n) is 4.09. The number of benzene rings is 1. The van der Waals surface area contributed by atoms with E-state index in [1.54, 1.807) is 6.07 Å². The van der Waals surface area contributed by atoms with Gasteiger partial charge in [-0.1, -0.05) is 25.1 Å². The monoisotopic (exact) mass is 300 g/mol. The minimum Gasteiger partial charge on any atom is -0.369 e. The fourth-order valence-electron chi connectivity index (χ4n) is 3.27. The molecule has 1 heterocycles. The summed E-state index contributed by atoms with van der Waals surface area (Å²) in [6, 6.07) is 4.68. The molecule has 1 fully saturated rings. The van der Waals surface area contributed by atoms with Gasteiger partial charge in [0.2, 0.25) is 5.91 Å². The van der Waals surface area contributed by atoms with Gasteiger partial charge in [0.1, 0.15) is 0 Å². The molecule has 116 valence electrons. The van der Waals surface area contributed by atoms with E-state index in [-0.39, 0.29) is 17.5 Å². The molecule has 0 saturated carbocycles. The molecule has 2 rings (SSSR count). The van der Waals surface area contributed by atoms with Crippen LogP contribution in [0.2, 0.25) is 0 Å². The smallest absolute Gasteiger partial charge is 0.369 e. The van der Waals surface area contributed by atoms with Gasteiger partial charge in [-0.05, 0) is 30.9 Å². The molecule has 0 aromatic heterocycles. The highest BCUT2D eigenvalue weighted by Crippen LogP contribution is 2.41. The minimum atomic E-state index is -4.45. The van der Waals surface area contributed by atoms with Gasteiger partial charge >= 0.3 is 6.18 Å². The number of hydrogen-bond acceptors (Lipinski definition) is 2. The second-order valence-electron chi connectivity index (χ2n) is 5.77. The molecule has 1 aliphatic heterocycles. The lowest BCUT2D eigenvalue weighted by Gasteiger charge is -2.40. The Morgan fingerprint density at radius 2 is 1.90 bits per heavy atom. The number of alkyl halides is 3. The summed E-state index contributed by atoms with van der Waals surface area (Å²) in [6.45, 7) is 3.76. The van der Waals surface area contributed by atoms with Crippen LogP contribution in [0.3, 0.4) is 0 Å². The summed E-state index contributed by atoms with van der Waals surface area (Å²) in [5.74, 6) is -1.28. The summed E-state index contributed by atoms with van der Waals surface area (Å²) >= 11 is 0. The number of nitrogens with two attached hydrogens (primary N) is 1. The van der Waals surface area contributed by atoms with E-state index in [2.05, 4.69) is 5.32 Å². The minimum absolute atomic E-state index is 0.0295. The number of primary amides is 1. The van der Waals surface area contributed by atoms with Gasteiger partial charge in [-0.15, -0.1) is 0 Å². The average molecular weight is 300 g/mol. The third-order valence-corrected chi connectivity index (χ3v) is 4.09. The SMILES string of the molecule is CC1CC(C)C(C(N)=O)C(c2ccccc2C(F)(F)F)N1. The second kappa shape index (κ2) is 5.67. The van der Waals surface area contributed by atoms with Crippen LogP contribution in [0.1, 0.15) is 37.4 Å². The zero-order chi connectivity index (χ0) is 15.8. The predicted octanol–water partition coefficient (Wildman–Crippen LogP) is 2.87. The first kappa shape index (κ1) is 15.8. The predicted molar refractivity (Wildman–Crippen MR) is 73.2 cm³/mol. The highest BCUT2D eigenvalue weighted by Gasteiger charge is 2.42. The molecule has 21 heavy (non-hydrogen) atoms. The highest BCUT2D eigenvalue weighted by molar-refractivity contribution is 5.78. The van der Waals surface area contributed by atoms with Crippen LogP contribution in [0.5, 0.6) is 0 Å². The maximum atomic E-state index is 13.2. The number of rotatable bonds is 2. The molecular weight excluding hydrogens is 281 g/mol. The summed E-state index contributed by atoms with van der Waals surface area (Å²) < 4.78 is 39.5. The van der Waals surface area contributed by atoms with Crippen molar-refractivity contribution in [3.8, 4) is 0 Å². The fourth-order valence-corrected chi connectivity index (χ4v) is 3.27. The van der Waals surface area contributed by atoms with E-state index in [0.29, 0.717) is 6.42 Å². The largest absolute Gasteiger partial charge is 0.416 e. The van der Waals surface area contributed by atoms with Gasteiger partial charge in [-0.3, -0.25) is 4.79 Å². The molecule has 0 spiro atoms. The van der Waals surface area contributed by atoms with E-state index in [9.17, 15) is 18.0 Å². The summed E-state index contributed by atoms with van der Waals surface area (Å²) in [7, 11) is 0. The van der Waals surface area contributed by atoms with E-state index >= 15 is 0 Å². The number of carbonyl (C=O) groups excluding carboxylic acids is 1. The lowest BCUT2D eigenvalue weighted by atomic mass is 9.75. The van der Waals surface area contributed by atoms with Crippen LogP contribution >= 0.6 is 0 Å². The van der Waals surface area contributed by atoms with Crippen molar-refractivity contribution < 1.29 is 18.0 Å². The lowest BCUT2D eigenvalue weighted by Crippen LogP contribution is -2.49. The van der Waals surface area contributed by atoms with E-state index in [1.807, 2.05) is 13.8 Å². The number of hydrogen-bond donors (Lipinski definition) is 2. The molecule has 3 nitrogen and oxygen atoms in total. The van der Waals surface area contributed by atoms with Crippen molar-refractivity contribution >= 4 is 5.91 Å². The molecule has 6 heteroatoms. The van der Waals surface area contributed by atoms with Crippen LogP contribution in [0, 0.1) is 11.8 Å². The molecule has 0 aliphatic carbocycles. The molecule has 0 radical (unpaired) electrons. The Morgan fingerprint density at radius 3 is 2.48 bits per heavy atom. The molecule has 4 atom stereocenters. The maximum Gasteiger partial charge on any atom is 0.416 e. The Labute approximate surface area is 121 Å². The maximum absolute atomic E-state index is 13.2. The van der Waals surface area contributed by atoms with Crippen LogP contribution in [0.25, 0.3) is 0 Å². The standard InChI is InChI=1S/C15H19F3N2O/c1-8-7-9(2)20-13(12(8)14(19)21)10-5-3-4-6-11(10)15(16,17)18/h3-6,8-9,12-13,20H,7H2,1-2H3,(H2,19,21). The van der Waals surface area contributed by atoms with Crippen molar-refractivity contribution in [2.75, 3.05) is 0 Å². The van der Waals surface area contributed by atoms with Crippen molar-refractivity contribution in [1.82, 2.24) is 5.32 Å². The molecule has 1 saturated heterocycles. The van der Waals surface area contributed by atoms with Crippen LogP contribution < -0.4 is 11.1 Å². The molecular formula is C15H19F3N2O. The molecule has 0 bridgehead atoms. The van der Waals surface area contributed by atoms with Crippen molar-refractivity contribution in [1.29, 1.82) is 0 Å². The van der Waals surface area contributed by atoms with Gasteiger partial charge in [0.05, 0.1) is 11.5 Å². The first-order chi connectivity index (χ1) is 9.71. The van der Waals surface area contributed by atoms with Crippen LogP contribution in [0.15, 0.2) is 24.3 Å². The fraction of sp³-hybridized carbons (Fsp3) is 0.533. The van der Waals surface area contributed by atoms with E-state index in [1.165, 1.54) is 12.1 Å². The Balaban J connectivity index is 2.50. The molecule has 3 N–H and O–H groups in total. The zero-order valence-corrected chi connectivity index (χ0v) is 11.9. The molecule has 1 aromatic rings. The Bertz CT molecular complexity index is 530. The normalized spacial score (nSPS) is 30.1. The van der Waals surface area contributed by atoms with Crippen molar-refractivity contribution in [2.45, 2.75) is 38.5 Å². The number of carbonyl (C=O) groups is 1. The molecule has 1 aromatic carbocycles. The summed E-state index contributed by atoms with van der Waals surface area (Å²) in [6.07, 6.45) is -3.75. The second-order valence-corrected chi connectivity index (χ2v) is 5.77. The van der Waals surface area contributed by atoms with Crippen LogP contribution in [-0.4, -0.2) is 11.9 Å². The summed E-state index contributed by atoms with van der Waals surface area (Å²) in [5.41, 5.74) is 4.81. The Hall–Kier alpha value is -1.56. The number of amides is 1. The van der Waals surface area contributed by atoms with E-state index in [0.717, 1.165) is 6.07 Å². The molecule has 1 aliphatic rings. The average Bonchev–Trinajstić information content (AvgIpc) is 2.36. The quantitative estimate of drug-likeness (QED) is 0.882. The Morgan fingerprint density at radius 1 is 1.29 bits per heavy atom. The number of piperidine rings is 1. The van der Waals surface area contributed by atoms with Gasteiger partial charge in [0.25, 0.3) is 0 Å².